The van der Waals surface area contributed by atoms with Crippen molar-refractivity contribution in [1.29, 1.82) is 0 Å². The van der Waals surface area contributed by atoms with Gasteiger partial charge < -0.3 is 14.4 Å². The monoisotopic (exact) mass is 297 g/mol. The fourth-order valence-corrected chi connectivity index (χ4v) is 3.30. The summed E-state index contributed by atoms with van der Waals surface area (Å²) < 4.78 is 10.4. The number of carbonyl (C=O) groups excluding carboxylic acids is 2. The van der Waals surface area contributed by atoms with Crippen molar-refractivity contribution in [2.45, 2.75) is 69.9 Å². The van der Waals surface area contributed by atoms with Crippen molar-refractivity contribution < 1.29 is 19.1 Å². The van der Waals surface area contributed by atoms with E-state index < -0.39 is 0 Å². The van der Waals surface area contributed by atoms with E-state index in [-0.39, 0.29) is 30.6 Å². The zero-order valence-electron chi connectivity index (χ0n) is 13.0. The van der Waals surface area contributed by atoms with E-state index in [1.165, 1.54) is 13.5 Å². The van der Waals surface area contributed by atoms with E-state index in [0.717, 1.165) is 51.6 Å². The predicted octanol–water partition coefficient (Wildman–Crippen LogP) is 2.28. The van der Waals surface area contributed by atoms with E-state index in [9.17, 15) is 9.59 Å². The molecule has 2 fully saturated rings. The molecule has 5 heteroatoms. The van der Waals surface area contributed by atoms with Crippen molar-refractivity contribution >= 4 is 11.9 Å². The Morgan fingerprint density at radius 2 is 1.86 bits per heavy atom. The predicted molar refractivity (Wildman–Crippen MR) is 78.8 cm³/mol. The molecule has 1 aliphatic carbocycles. The Hall–Kier alpha value is -1.10. The maximum Gasteiger partial charge on any atom is 0.325 e. The first-order valence-corrected chi connectivity index (χ1v) is 8.18. The number of hydrogen-bond donors (Lipinski definition) is 0. The van der Waals surface area contributed by atoms with Crippen LogP contribution in [0, 0.1) is 0 Å². The second kappa shape index (κ2) is 8.37. The fourth-order valence-electron chi connectivity index (χ4n) is 3.30. The molecule has 0 N–H and O–H groups in total. The summed E-state index contributed by atoms with van der Waals surface area (Å²) in [6.45, 7) is 0.902. The van der Waals surface area contributed by atoms with Crippen molar-refractivity contribution in [3.05, 3.63) is 0 Å². The molecule has 1 aliphatic heterocycles. The first-order chi connectivity index (χ1) is 10.2. The molecule has 5 nitrogen and oxygen atoms in total. The lowest BCUT2D eigenvalue weighted by Gasteiger charge is -2.29. The van der Waals surface area contributed by atoms with Gasteiger partial charge in [-0.3, -0.25) is 9.59 Å². The molecular formula is C16H27NO4. The van der Waals surface area contributed by atoms with Gasteiger partial charge >= 0.3 is 5.97 Å². The zero-order chi connectivity index (χ0) is 15.1. The van der Waals surface area contributed by atoms with Crippen LogP contribution in [0.4, 0.5) is 0 Å². The molecule has 1 unspecified atom stereocenters. The van der Waals surface area contributed by atoms with Gasteiger partial charge in [-0.25, -0.2) is 0 Å². The Morgan fingerprint density at radius 3 is 2.48 bits per heavy atom. The molecule has 0 spiro atoms. The Bertz CT molecular complexity index is 346. The van der Waals surface area contributed by atoms with Crippen molar-refractivity contribution in [2.75, 3.05) is 20.3 Å². The van der Waals surface area contributed by atoms with Gasteiger partial charge in [-0.05, 0) is 38.5 Å². The molecule has 21 heavy (non-hydrogen) atoms. The Morgan fingerprint density at radius 1 is 1.14 bits per heavy atom. The van der Waals surface area contributed by atoms with Crippen molar-refractivity contribution in [3.8, 4) is 0 Å². The molecule has 120 valence electrons. The lowest BCUT2D eigenvalue weighted by Crippen LogP contribution is -2.42. The molecule has 0 aromatic carbocycles. The zero-order valence-corrected chi connectivity index (χ0v) is 13.0. The van der Waals surface area contributed by atoms with Crippen LogP contribution in [0.5, 0.6) is 0 Å². The lowest BCUT2D eigenvalue weighted by atomic mass is 10.0. The van der Waals surface area contributed by atoms with Crippen LogP contribution in [-0.2, 0) is 19.1 Å². The van der Waals surface area contributed by atoms with E-state index in [2.05, 4.69) is 0 Å². The summed E-state index contributed by atoms with van der Waals surface area (Å²) in [5.74, 6) is -0.259. The van der Waals surface area contributed by atoms with Crippen LogP contribution < -0.4 is 0 Å². The highest BCUT2D eigenvalue weighted by molar-refractivity contribution is 5.82. The van der Waals surface area contributed by atoms with Gasteiger partial charge in [0.2, 0.25) is 5.91 Å². The number of esters is 1. The van der Waals surface area contributed by atoms with Gasteiger partial charge in [0.1, 0.15) is 6.54 Å². The quantitative estimate of drug-likeness (QED) is 0.706. The van der Waals surface area contributed by atoms with Crippen molar-refractivity contribution in [1.82, 2.24) is 4.90 Å². The van der Waals surface area contributed by atoms with Gasteiger partial charge in [0.25, 0.3) is 0 Å². The number of carbonyl (C=O) groups is 2. The van der Waals surface area contributed by atoms with Crippen molar-refractivity contribution in [2.24, 2.45) is 0 Å². The third kappa shape index (κ3) is 4.99. The minimum absolute atomic E-state index is 0.0708. The topological polar surface area (TPSA) is 55.8 Å². The van der Waals surface area contributed by atoms with Gasteiger partial charge in [0, 0.05) is 19.1 Å². The first-order valence-electron chi connectivity index (χ1n) is 8.18. The summed E-state index contributed by atoms with van der Waals surface area (Å²) >= 11 is 0. The molecule has 1 amide bonds. The number of ether oxygens (including phenoxy) is 2. The second-order valence-electron chi connectivity index (χ2n) is 6.06. The summed E-state index contributed by atoms with van der Waals surface area (Å²) in [5.41, 5.74) is 0. The lowest BCUT2D eigenvalue weighted by molar-refractivity contribution is -0.148. The van der Waals surface area contributed by atoms with Crippen LogP contribution in [0.15, 0.2) is 0 Å². The summed E-state index contributed by atoms with van der Waals surface area (Å²) in [5, 5.41) is 0. The number of nitrogens with zero attached hydrogens (tertiary/aromatic N) is 1. The summed E-state index contributed by atoms with van der Waals surface area (Å²) in [4.78, 5) is 25.8. The molecule has 0 radical (unpaired) electrons. The molecular weight excluding hydrogens is 270 g/mol. The molecule has 2 rings (SSSR count). The van der Waals surface area contributed by atoms with E-state index in [1.54, 1.807) is 4.90 Å². The third-order valence-electron chi connectivity index (χ3n) is 4.57. The minimum Gasteiger partial charge on any atom is -0.468 e. The molecule has 1 saturated heterocycles. The highest BCUT2D eigenvalue weighted by atomic mass is 16.5. The summed E-state index contributed by atoms with van der Waals surface area (Å²) in [6, 6.07) is 0.212. The number of amides is 1. The van der Waals surface area contributed by atoms with E-state index >= 15 is 0 Å². The Labute approximate surface area is 127 Å². The van der Waals surface area contributed by atoms with Gasteiger partial charge in [-0.2, -0.15) is 0 Å². The molecule has 0 aromatic heterocycles. The average molecular weight is 297 g/mol. The number of rotatable bonds is 6. The van der Waals surface area contributed by atoms with Gasteiger partial charge in [0.15, 0.2) is 0 Å². The van der Waals surface area contributed by atoms with E-state index in [1.807, 2.05) is 0 Å². The SMILES string of the molecule is COC(=O)CN(C(=O)CCC1CCCCO1)C1CCCC1. The second-order valence-corrected chi connectivity index (χ2v) is 6.06. The normalized spacial score (nSPS) is 23.0. The number of hydrogen-bond acceptors (Lipinski definition) is 4. The molecule has 1 atom stereocenters. The maximum absolute atomic E-state index is 12.5. The molecule has 1 saturated carbocycles. The van der Waals surface area contributed by atoms with Crippen LogP contribution >= 0.6 is 0 Å². The smallest absolute Gasteiger partial charge is 0.325 e. The standard InChI is InChI=1S/C16H27NO4/c1-20-16(19)12-17(13-6-2-3-7-13)15(18)10-9-14-8-4-5-11-21-14/h13-14H,2-12H2,1H3. The highest BCUT2D eigenvalue weighted by Crippen LogP contribution is 2.25. The fraction of sp³-hybridized carbons (Fsp3) is 0.875. The van der Waals surface area contributed by atoms with Crippen LogP contribution in [0.1, 0.15) is 57.8 Å². The maximum atomic E-state index is 12.5. The van der Waals surface area contributed by atoms with Crippen LogP contribution in [0.2, 0.25) is 0 Å². The van der Waals surface area contributed by atoms with Crippen molar-refractivity contribution in [3.63, 3.8) is 0 Å². The van der Waals surface area contributed by atoms with Gasteiger partial charge in [0.05, 0.1) is 13.2 Å². The van der Waals surface area contributed by atoms with Crippen LogP contribution in [0.3, 0.4) is 0 Å². The summed E-state index contributed by atoms with van der Waals surface area (Å²) in [7, 11) is 1.37. The highest BCUT2D eigenvalue weighted by Gasteiger charge is 2.29. The average Bonchev–Trinajstić information content (AvgIpc) is 3.05. The molecule has 1 heterocycles. The van der Waals surface area contributed by atoms with Gasteiger partial charge in [-0.1, -0.05) is 12.8 Å². The van der Waals surface area contributed by atoms with Crippen LogP contribution in [0.25, 0.3) is 0 Å². The van der Waals surface area contributed by atoms with Crippen LogP contribution in [-0.4, -0.2) is 49.2 Å². The Kier molecular flexibility index (Phi) is 6.49. The third-order valence-corrected chi connectivity index (χ3v) is 4.57. The Balaban J connectivity index is 1.85. The first kappa shape index (κ1) is 16.3. The largest absolute Gasteiger partial charge is 0.468 e. The number of methoxy groups -OCH3 is 1. The van der Waals surface area contributed by atoms with E-state index in [0.29, 0.717) is 6.42 Å². The molecule has 2 aliphatic rings. The molecule has 0 aromatic rings. The van der Waals surface area contributed by atoms with E-state index in [4.69, 9.17) is 9.47 Å². The molecule has 0 bridgehead atoms. The van der Waals surface area contributed by atoms with Gasteiger partial charge in [-0.15, -0.1) is 0 Å². The summed E-state index contributed by atoms with van der Waals surface area (Å²) in [6.07, 6.45) is 9.10. The minimum atomic E-state index is -0.329.